The number of rotatable bonds is 9. The van der Waals surface area contributed by atoms with Gasteiger partial charge in [0.15, 0.2) is 0 Å². The van der Waals surface area contributed by atoms with Crippen molar-refractivity contribution in [2.75, 3.05) is 39.6 Å². The van der Waals surface area contributed by atoms with Gasteiger partial charge in [-0.25, -0.2) is 0 Å². The van der Waals surface area contributed by atoms with Crippen LogP contribution in [0.4, 0.5) is 5.69 Å². The van der Waals surface area contributed by atoms with Crippen molar-refractivity contribution in [2.24, 2.45) is 0 Å². The first-order valence-electron chi connectivity index (χ1n) is 16.1. The van der Waals surface area contributed by atoms with Gasteiger partial charge in [-0.3, -0.25) is 9.59 Å². The number of hydrogen-bond acceptors (Lipinski definition) is 3. The van der Waals surface area contributed by atoms with Gasteiger partial charge in [0, 0.05) is 50.4 Å². The number of nitrogens with zero attached hydrogens (tertiary/aromatic N) is 3. The fourth-order valence-electron chi connectivity index (χ4n) is 6.74. The quantitative estimate of drug-likeness (QED) is 0.232. The van der Waals surface area contributed by atoms with Gasteiger partial charge in [-0.2, -0.15) is 0 Å². The molecule has 0 saturated heterocycles. The number of anilines is 1. The van der Waals surface area contributed by atoms with Gasteiger partial charge < -0.3 is 14.7 Å². The lowest BCUT2D eigenvalue weighted by atomic mass is 9.80. The minimum Gasteiger partial charge on any atom is -0.349 e. The first-order chi connectivity index (χ1) is 21.8. The van der Waals surface area contributed by atoms with E-state index in [2.05, 4.69) is 124 Å². The predicted octanol–water partition coefficient (Wildman–Crippen LogP) is 7.70. The number of likely N-dealkylation sites (N-methyl/N-ethyl adjacent to an activating group) is 1. The molecule has 0 fully saturated rings. The van der Waals surface area contributed by atoms with E-state index in [4.69, 9.17) is 0 Å². The molecule has 0 saturated carbocycles. The molecule has 0 unspecified atom stereocenters. The Labute approximate surface area is 275 Å². The van der Waals surface area contributed by atoms with E-state index in [1.165, 1.54) is 22.3 Å². The second-order valence-electron chi connectivity index (χ2n) is 13.8. The molecule has 0 atom stereocenters. The zero-order chi connectivity index (χ0) is 33.2. The molecule has 5 heteroatoms. The Bertz CT molecular complexity index is 1750. The van der Waals surface area contributed by atoms with Crippen molar-refractivity contribution in [3.05, 3.63) is 142 Å². The van der Waals surface area contributed by atoms with Crippen LogP contribution in [0.2, 0.25) is 0 Å². The van der Waals surface area contributed by atoms with Crippen molar-refractivity contribution in [2.45, 2.75) is 51.4 Å². The molecule has 0 N–H and O–H groups in total. The average Bonchev–Trinajstić information content (AvgIpc) is 3.37. The lowest BCUT2D eigenvalue weighted by Crippen LogP contribution is -2.36. The monoisotopic (exact) mass is 613 g/mol. The highest BCUT2D eigenvalue weighted by molar-refractivity contribution is 5.94. The van der Waals surface area contributed by atoms with Crippen molar-refractivity contribution < 1.29 is 9.59 Å². The summed E-state index contributed by atoms with van der Waals surface area (Å²) in [6.07, 6.45) is 9.96. The summed E-state index contributed by atoms with van der Waals surface area (Å²) in [5, 5.41) is 0. The van der Waals surface area contributed by atoms with Gasteiger partial charge in [-0.15, -0.1) is 0 Å². The number of para-hydroxylation sites is 1. The summed E-state index contributed by atoms with van der Waals surface area (Å²) >= 11 is 0. The number of carbonyl (C=O) groups is 2. The van der Waals surface area contributed by atoms with E-state index in [1.807, 2.05) is 26.2 Å². The minimum absolute atomic E-state index is 0.0570. The molecule has 0 aromatic heterocycles. The number of carbonyl (C=O) groups excluding carboxylic acids is 2. The largest absolute Gasteiger partial charge is 0.349 e. The molecule has 5 rings (SSSR count). The molecular weight excluding hydrogens is 566 g/mol. The van der Waals surface area contributed by atoms with Gasteiger partial charge in [0.2, 0.25) is 11.8 Å². The zero-order valence-electron chi connectivity index (χ0n) is 28.6. The Hall–Kier alpha value is -4.64. The van der Waals surface area contributed by atoms with Crippen molar-refractivity contribution >= 4 is 23.1 Å². The Kier molecular flexibility index (Phi) is 9.25. The van der Waals surface area contributed by atoms with Crippen LogP contribution in [0.25, 0.3) is 5.57 Å². The molecule has 1 aliphatic carbocycles. The maximum Gasteiger partial charge on any atom is 0.242 e. The van der Waals surface area contributed by atoms with Gasteiger partial charge >= 0.3 is 0 Å². The second-order valence-corrected chi connectivity index (χ2v) is 13.8. The summed E-state index contributed by atoms with van der Waals surface area (Å²) in [4.78, 5) is 31.5. The van der Waals surface area contributed by atoms with E-state index < -0.39 is 0 Å². The smallest absolute Gasteiger partial charge is 0.242 e. The van der Waals surface area contributed by atoms with E-state index in [9.17, 15) is 9.59 Å². The topological polar surface area (TPSA) is 43.9 Å². The van der Waals surface area contributed by atoms with E-state index in [0.717, 1.165) is 34.5 Å². The van der Waals surface area contributed by atoms with Gasteiger partial charge in [0.05, 0.1) is 6.42 Å². The predicted molar refractivity (Wildman–Crippen MR) is 191 cm³/mol. The molecule has 3 aromatic carbocycles. The maximum atomic E-state index is 13.0. The standard InChI is InChI=1S/C41H47N3O2/c1-40(2)33-19-13-12-18-31(33)32(27-38(45)42(5)6)34(40)24-22-30(26-29-16-10-9-11-17-29)23-25-37-41(3,4)35-20-14-15-21-36(35)44(37)28-39(46)43(7)8/h9-25H,26-28H2,1-8H3/b24-22+,30-23-,37-25+. The van der Waals surface area contributed by atoms with Crippen LogP contribution >= 0.6 is 0 Å². The van der Waals surface area contributed by atoms with Crippen molar-refractivity contribution in [1.82, 2.24) is 9.80 Å². The Balaban J connectivity index is 1.61. The van der Waals surface area contributed by atoms with Gasteiger partial charge in [-0.05, 0) is 57.5 Å². The summed E-state index contributed by atoms with van der Waals surface area (Å²) in [6.45, 7) is 9.24. The lowest BCUT2D eigenvalue weighted by Gasteiger charge is -2.27. The Morgan fingerprint density at radius 1 is 0.717 bits per heavy atom. The van der Waals surface area contributed by atoms with Crippen molar-refractivity contribution in [3.8, 4) is 0 Å². The third kappa shape index (κ3) is 6.37. The van der Waals surface area contributed by atoms with Crippen LogP contribution in [-0.4, -0.2) is 56.3 Å². The molecule has 2 amide bonds. The van der Waals surface area contributed by atoms with Crippen LogP contribution in [0.15, 0.2) is 120 Å². The first-order valence-corrected chi connectivity index (χ1v) is 16.1. The van der Waals surface area contributed by atoms with Crippen LogP contribution in [0.3, 0.4) is 0 Å². The van der Waals surface area contributed by atoms with Crippen molar-refractivity contribution in [1.29, 1.82) is 0 Å². The normalized spacial score (nSPS) is 17.4. The molecule has 1 heterocycles. The minimum atomic E-state index is -0.279. The van der Waals surface area contributed by atoms with E-state index in [0.29, 0.717) is 6.42 Å². The van der Waals surface area contributed by atoms with E-state index in [-0.39, 0.29) is 29.2 Å². The molecule has 46 heavy (non-hydrogen) atoms. The highest BCUT2D eigenvalue weighted by atomic mass is 16.2. The zero-order valence-corrected chi connectivity index (χ0v) is 28.6. The molecule has 5 nitrogen and oxygen atoms in total. The van der Waals surface area contributed by atoms with E-state index >= 15 is 0 Å². The van der Waals surface area contributed by atoms with Crippen LogP contribution in [0.1, 0.15) is 56.4 Å². The van der Waals surface area contributed by atoms with Crippen LogP contribution < -0.4 is 4.90 Å². The SMILES string of the molecule is CN(C)C(=O)CC1=C(/C=C/C(=C/C=C2/N(CC(=O)N(C)C)c3ccccc3C2(C)C)Cc2ccccc2)C(C)(C)c2ccccc21. The van der Waals surface area contributed by atoms with Gasteiger partial charge in [-0.1, -0.05) is 119 Å². The van der Waals surface area contributed by atoms with Crippen LogP contribution in [-0.2, 0) is 26.8 Å². The third-order valence-corrected chi connectivity index (χ3v) is 9.51. The Morgan fingerprint density at radius 2 is 1.33 bits per heavy atom. The van der Waals surface area contributed by atoms with Crippen molar-refractivity contribution in [3.63, 3.8) is 0 Å². The molecule has 0 bridgehead atoms. The highest BCUT2D eigenvalue weighted by Crippen LogP contribution is 2.49. The first kappa shape index (κ1) is 32.7. The highest BCUT2D eigenvalue weighted by Gasteiger charge is 2.40. The fourth-order valence-corrected chi connectivity index (χ4v) is 6.74. The van der Waals surface area contributed by atoms with Crippen LogP contribution in [0.5, 0.6) is 0 Å². The second kappa shape index (κ2) is 13.0. The number of allylic oxidation sites excluding steroid dienone is 7. The number of amides is 2. The summed E-state index contributed by atoms with van der Waals surface area (Å²) in [5.74, 6) is 0.148. The molecule has 238 valence electrons. The summed E-state index contributed by atoms with van der Waals surface area (Å²) in [6, 6.07) is 27.4. The third-order valence-electron chi connectivity index (χ3n) is 9.51. The van der Waals surface area contributed by atoms with E-state index in [1.54, 1.807) is 23.9 Å². The van der Waals surface area contributed by atoms with Gasteiger partial charge in [0.25, 0.3) is 0 Å². The molecule has 1 aliphatic heterocycles. The molecule has 2 aliphatic rings. The summed E-state index contributed by atoms with van der Waals surface area (Å²) in [5.41, 5.74) is 9.88. The van der Waals surface area contributed by atoms with Crippen LogP contribution in [0, 0.1) is 0 Å². The number of hydrogen-bond donors (Lipinski definition) is 0. The number of fused-ring (bicyclic) bond motifs is 2. The van der Waals surface area contributed by atoms with Gasteiger partial charge in [0.1, 0.15) is 6.54 Å². The number of benzene rings is 3. The lowest BCUT2D eigenvalue weighted by molar-refractivity contribution is -0.128. The molecular formula is C41H47N3O2. The molecule has 0 radical (unpaired) electrons. The molecule has 3 aromatic rings. The fraction of sp³-hybridized carbons (Fsp3) is 0.317. The maximum absolute atomic E-state index is 13.0. The summed E-state index contributed by atoms with van der Waals surface area (Å²) < 4.78 is 0. The average molecular weight is 614 g/mol. The molecule has 0 spiro atoms. The Morgan fingerprint density at radius 3 is 2.00 bits per heavy atom. The summed E-state index contributed by atoms with van der Waals surface area (Å²) in [7, 11) is 7.24.